The molecule has 0 saturated carbocycles. The summed E-state index contributed by atoms with van der Waals surface area (Å²) in [5, 5.41) is 8.75. The zero-order valence-electron chi connectivity index (χ0n) is 9.15. The van der Waals surface area contributed by atoms with E-state index in [0.717, 1.165) is 12.1 Å². The van der Waals surface area contributed by atoms with Crippen molar-refractivity contribution in [3.05, 3.63) is 60.2 Å². The van der Waals surface area contributed by atoms with Gasteiger partial charge in [0.25, 0.3) is 0 Å². The standard InChI is InChI=1S/C13H12N2O2/c16-13(17)12-5-3-11(4-6-12)2-1-8-15-9-7-14-10-15/h1-7,9-10H,8H2,(H,16,17). The molecule has 0 spiro atoms. The lowest BCUT2D eigenvalue weighted by Crippen LogP contribution is -1.94. The predicted molar refractivity (Wildman–Crippen MR) is 64.7 cm³/mol. The zero-order valence-corrected chi connectivity index (χ0v) is 9.15. The minimum absolute atomic E-state index is 0.303. The number of rotatable bonds is 4. The normalized spacial score (nSPS) is 10.8. The van der Waals surface area contributed by atoms with Gasteiger partial charge in [-0.3, -0.25) is 0 Å². The van der Waals surface area contributed by atoms with Crippen LogP contribution in [0.1, 0.15) is 15.9 Å². The third-order valence-electron chi connectivity index (χ3n) is 2.34. The van der Waals surface area contributed by atoms with E-state index in [1.165, 1.54) is 0 Å². The molecule has 0 atom stereocenters. The van der Waals surface area contributed by atoms with Crippen molar-refractivity contribution in [2.75, 3.05) is 0 Å². The van der Waals surface area contributed by atoms with Crippen LogP contribution in [0.3, 0.4) is 0 Å². The van der Waals surface area contributed by atoms with Gasteiger partial charge in [0.2, 0.25) is 0 Å². The third-order valence-corrected chi connectivity index (χ3v) is 2.34. The van der Waals surface area contributed by atoms with Crippen LogP contribution in [0, 0.1) is 0 Å². The molecule has 0 saturated heterocycles. The topological polar surface area (TPSA) is 55.1 Å². The van der Waals surface area contributed by atoms with E-state index in [-0.39, 0.29) is 0 Å². The first-order chi connectivity index (χ1) is 8.25. The number of hydrogen-bond acceptors (Lipinski definition) is 2. The van der Waals surface area contributed by atoms with Crippen molar-refractivity contribution in [2.24, 2.45) is 0 Å². The molecule has 1 aromatic heterocycles. The lowest BCUT2D eigenvalue weighted by Gasteiger charge is -1.97. The molecule has 86 valence electrons. The molecular formula is C13H12N2O2. The summed E-state index contributed by atoms with van der Waals surface area (Å²) in [5.74, 6) is -0.904. The van der Waals surface area contributed by atoms with Gasteiger partial charge in [0.15, 0.2) is 0 Å². The van der Waals surface area contributed by atoms with Crippen molar-refractivity contribution < 1.29 is 9.90 Å². The number of nitrogens with zero attached hydrogens (tertiary/aromatic N) is 2. The second kappa shape index (κ2) is 5.12. The number of carbonyl (C=O) groups is 1. The molecule has 17 heavy (non-hydrogen) atoms. The van der Waals surface area contributed by atoms with Crippen molar-refractivity contribution >= 4 is 12.0 Å². The number of carboxylic acids is 1. The van der Waals surface area contributed by atoms with Crippen LogP contribution in [0.25, 0.3) is 6.08 Å². The third kappa shape index (κ3) is 3.04. The quantitative estimate of drug-likeness (QED) is 0.873. The van der Waals surface area contributed by atoms with E-state index in [1.807, 2.05) is 22.9 Å². The van der Waals surface area contributed by atoms with Gasteiger partial charge in [0, 0.05) is 18.9 Å². The van der Waals surface area contributed by atoms with Crippen molar-refractivity contribution in [1.82, 2.24) is 9.55 Å². The van der Waals surface area contributed by atoms with E-state index >= 15 is 0 Å². The van der Waals surface area contributed by atoms with Crippen LogP contribution in [0.4, 0.5) is 0 Å². The fourth-order valence-corrected chi connectivity index (χ4v) is 1.44. The molecule has 1 heterocycles. The maximum Gasteiger partial charge on any atom is 0.335 e. The van der Waals surface area contributed by atoms with Crippen molar-refractivity contribution in [2.45, 2.75) is 6.54 Å². The van der Waals surface area contributed by atoms with Gasteiger partial charge in [-0.2, -0.15) is 0 Å². The van der Waals surface area contributed by atoms with Gasteiger partial charge < -0.3 is 9.67 Å². The highest BCUT2D eigenvalue weighted by atomic mass is 16.4. The molecule has 2 aromatic rings. The molecule has 0 aliphatic rings. The zero-order chi connectivity index (χ0) is 12.1. The molecular weight excluding hydrogens is 216 g/mol. The summed E-state index contributed by atoms with van der Waals surface area (Å²) < 4.78 is 1.95. The van der Waals surface area contributed by atoms with Crippen LogP contribution in [-0.4, -0.2) is 20.6 Å². The smallest absolute Gasteiger partial charge is 0.335 e. The molecule has 0 fully saturated rings. The van der Waals surface area contributed by atoms with E-state index in [9.17, 15) is 4.79 Å². The molecule has 0 amide bonds. The van der Waals surface area contributed by atoms with Gasteiger partial charge in [-0.05, 0) is 17.7 Å². The van der Waals surface area contributed by atoms with Gasteiger partial charge in [-0.15, -0.1) is 0 Å². The number of aromatic nitrogens is 2. The fraction of sp³-hybridized carbons (Fsp3) is 0.0769. The second-order valence-electron chi connectivity index (χ2n) is 3.59. The van der Waals surface area contributed by atoms with Crippen LogP contribution in [-0.2, 0) is 6.54 Å². The Labute approximate surface area is 98.9 Å². The highest BCUT2D eigenvalue weighted by molar-refractivity contribution is 5.87. The van der Waals surface area contributed by atoms with Crippen LogP contribution in [0.5, 0.6) is 0 Å². The van der Waals surface area contributed by atoms with Crippen LogP contribution in [0.2, 0.25) is 0 Å². The number of aromatic carboxylic acids is 1. The second-order valence-corrected chi connectivity index (χ2v) is 3.59. The van der Waals surface area contributed by atoms with E-state index in [2.05, 4.69) is 4.98 Å². The molecule has 0 aliphatic heterocycles. The monoisotopic (exact) mass is 228 g/mol. The average Bonchev–Trinajstić information content (AvgIpc) is 2.83. The van der Waals surface area contributed by atoms with Gasteiger partial charge in [0.05, 0.1) is 11.9 Å². The average molecular weight is 228 g/mol. The Kier molecular flexibility index (Phi) is 3.35. The highest BCUT2D eigenvalue weighted by Gasteiger charge is 1.99. The number of hydrogen-bond donors (Lipinski definition) is 1. The van der Waals surface area contributed by atoms with Crippen molar-refractivity contribution in [1.29, 1.82) is 0 Å². The van der Waals surface area contributed by atoms with Crippen molar-refractivity contribution in [3.63, 3.8) is 0 Å². The predicted octanol–water partition coefficient (Wildman–Crippen LogP) is 2.29. The summed E-state index contributed by atoms with van der Waals surface area (Å²) in [7, 11) is 0. The Morgan fingerprint density at radius 1 is 1.35 bits per heavy atom. The first-order valence-electron chi connectivity index (χ1n) is 5.21. The summed E-state index contributed by atoms with van der Waals surface area (Å²) in [6, 6.07) is 6.76. The first-order valence-corrected chi connectivity index (χ1v) is 5.21. The fourth-order valence-electron chi connectivity index (χ4n) is 1.44. The minimum Gasteiger partial charge on any atom is -0.478 e. The number of imidazole rings is 1. The van der Waals surface area contributed by atoms with Crippen LogP contribution in [0.15, 0.2) is 49.1 Å². The summed E-state index contributed by atoms with van der Waals surface area (Å²) in [6.45, 7) is 0.751. The van der Waals surface area contributed by atoms with E-state index < -0.39 is 5.97 Å². The van der Waals surface area contributed by atoms with E-state index in [0.29, 0.717) is 5.56 Å². The highest BCUT2D eigenvalue weighted by Crippen LogP contribution is 2.06. The Bertz CT molecular complexity index is 513. The summed E-state index contributed by atoms with van der Waals surface area (Å²) in [6.07, 6.45) is 9.31. The number of allylic oxidation sites excluding steroid dienone is 1. The molecule has 1 aromatic carbocycles. The van der Waals surface area contributed by atoms with Crippen LogP contribution < -0.4 is 0 Å². The summed E-state index contributed by atoms with van der Waals surface area (Å²) in [5.41, 5.74) is 1.28. The molecule has 0 unspecified atom stereocenters. The van der Waals surface area contributed by atoms with E-state index in [1.54, 1.807) is 36.8 Å². The summed E-state index contributed by atoms with van der Waals surface area (Å²) in [4.78, 5) is 14.6. The molecule has 0 radical (unpaired) electrons. The molecule has 4 heteroatoms. The maximum atomic E-state index is 10.7. The Hall–Kier alpha value is -2.36. The SMILES string of the molecule is O=C(O)c1ccc(C=CCn2ccnc2)cc1. The molecule has 4 nitrogen and oxygen atoms in total. The molecule has 0 aliphatic carbocycles. The van der Waals surface area contributed by atoms with Gasteiger partial charge in [-0.25, -0.2) is 9.78 Å². The Morgan fingerprint density at radius 2 is 2.12 bits per heavy atom. The molecule has 1 N–H and O–H groups in total. The van der Waals surface area contributed by atoms with Crippen LogP contribution >= 0.6 is 0 Å². The molecule has 2 rings (SSSR count). The maximum absolute atomic E-state index is 10.7. The summed E-state index contributed by atoms with van der Waals surface area (Å²) >= 11 is 0. The lowest BCUT2D eigenvalue weighted by molar-refractivity contribution is 0.0697. The van der Waals surface area contributed by atoms with Gasteiger partial charge >= 0.3 is 5.97 Å². The van der Waals surface area contributed by atoms with Crippen molar-refractivity contribution in [3.8, 4) is 0 Å². The van der Waals surface area contributed by atoms with E-state index in [4.69, 9.17) is 5.11 Å². The lowest BCUT2D eigenvalue weighted by atomic mass is 10.1. The first kappa shape index (κ1) is 11.1. The number of carboxylic acid groups (broad SMARTS) is 1. The van der Waals surface area contributed by atoms with Gasteiger partial charge in [-0.1, -0.05) is 24.3 Å². The largest absolute Gasteiger partial charge is 0.478 e. The Morgan fingerprint density at radius 3 is 2.71 bits per heavy atom. The minimum atomic E-state index is -0.904. The molecule has 0 bridgehead atoms. The van der Waals surface area contributed by atoms with Gasteiger partial charge in [0.1, 0.15) is 0 Å². The number of benzene rings is 1. The Balaban J connectivity index is 1.99.